The molecule has 0 aliphatic carbocycles. The van der Waals surface area contributed by atoms with Crippen molar-refractivity contribution in [1.82, 2.24) is 15.1 Å². The zero-order valence-corrected chi connectivity index (χ0v) is 17.6. The summed E-state index contributed by atoms with van der Waals surface area (Å²) >= 11 is 6.04. The van der Waals surface area contributed by atoms with Crippen LogP contribution in [-0.2, 0) is 9.59 Å². The zero-order chi connectivity index (χ0) is 21.8. The maximum atomic E-state index is 12.7. The second-order valence-electron chi connectivity index (χ2n) is 6.77. The number of carbonyl (C=O) groups is 3. The molecule has 0 fully saturated rings. The number of benzene rings is 2. The molecule has 30 heavy (non-hydrogen) atoms. The van der Waals surface area contributed by atoms with Gasteiger partial charge in [-0.2, -0.15) is 5.10 Å². The van der Waals surface area contributed by atoms with E-state index in [1.807, 2.05) is 30.3 Å². The normalized spacial score (nSPS) is 10.5. The van der Waals surface area contributed by atoms with Crippen LogP contribution in [0.5, 0.6) is 0 Å². The van der Waals surface area contributed by atoms with E-state index >= 15 is 0 Å². The van der Waals surface area contributed by atoms with Crippen LogP contribution in [0.4, 0.5) is 5.69 Å². The maximum absolute atomic E-state index is 12.7. The minimum absolute atomic E-state index is 0.224. The Morgan fingerprint density at radius 1 is 1.00 bits per heavy atom. The number of amides is 2. The summed E-state index contributed by atoms with van der Waals surface area (Å²) in [6.45, 7) is 4.82. The number of nitrogens with zero attached hydrogens (tertiary/aromatic N) is 2. The first-order valence-electron chi connectivity index (χ1n) is 9.28. The molecule has 0 radical (unpaired) electrons. The van der Waals surface area contributed by atoms with E-state index in [-0.39, 0.29) is 12.1 Å². The molecule has 3 rings (SSSR count). The van der Waals surface area contributed by atoms with Crippen LogP contribution in [-0.4, -0.2) is 33.9 Å². The van der Waals surface area contributed by atoms with Gasteiger partial charge in [0.25, 0.3) is 11.7 Å². The van der Waals surface area contributed by atoms with Crippen molar-refractivity contribution >= 4 is 34.9 Å². The van der Waals surface area contributed by atoms with Crippen LogP contribution in [0.1, 0.15) is 27.3 Å². The molecule has 0 spiro atoms. The summed E-state index contributed by atoms with van der Waals surface area (Å²) in [5.41, 5.74) is 3.27. The van der Waals surface area contributed by atoms with Crippen molar-refractivity contribution in [3.8, 4) is 5.69 Å². The van der Waals surface area contributed by atoms with Gasteiger partial charge in [-0.25, -0.2) is 4.68 Å². The molecule has 2 N–H and O–H groups in total. The van der Waals surface area contributed by atoms with Crippen LogP contribution >= 0.6 is 11.6 Å². The molecule has 2 aromatic carbocycles. The van der Waals surface area contributed by atoms with Gasteiger partial charge in [0, 0.05) is 10.7 Å². The Morgan fingerprint density at radius 3 is 2.40 bits per heavy atom. The van der Waals surface area contributed by atoms with E-state index in [4.69, 9.17) is 11.6 Å². The van der Waals surface area contributed by atoms with Gasteiger partial charge >= 0.3 is 0 Å². The van der Waals surface area contributed by atoms with Crippen molar-refractivity contribution < 1.29 is 14.4 Å². The number of aryl methyl sites for hydroxylation is 1. The fourth-order valence-corrected chi connectivity index (χ4v) is 3.26. The number of Topliss-reactive ketones (excluding diaryl/α,β-unsaturated/α-hetero) is 1. The largest absolute Gasteiger partial charge is 0.340 e. The maximum Gasteiger partial charge on any atom is 0.292 e. The van der Waals surface area contributed by atoms with Crippen molar-refractivity contribution in [2.45, 2.75) is 20.8 Å². The highest BCUT2D eigenvalue weighted by Gasteiger charge is 2.25. The molecule has 0 atom stereocenters. The Kier molecular flexibility index (Phi) is 6.32. The predicted octanol–water partition coefficient (Wildman–Crippen LogP) is 3.39. The number of nitrogens with one attached hydrogen (secondary N) is 2. The van der Waals surface area contributed by atoms with E-state index in [1.165, 1.54) is 0 Å². The topological polar surface area (TPSA) is 93.1 Å². The monoisotopic (exact) mass is 424 g/mol. The van der Waals surface area contributed by atoms with Gasteiger partial charge in [0.1, 0.15) is 0 Å². The predicted molar refractivity (Wildman–Crippen MR) is 115 cm³/mol. The molecule has 1 aromatic heterocycles. The summed E-state index contributed by atoms with van der Waals surface area (Å²) in [5, 5.41) is 9.93. The van der Waals surface area contributed by atoms with Crippen LogP contribution in [0.3, 0.4) is 0 Å². The van der Waals surface area contributed by atoms with Gasteiger partial charge in [0.15, 0.2) is 0 Å². The van der Waals surface area contributed by atoms with Crippen LogP contribution in [0, 0.1) is 20.8 Å². The average Bonchev–Trinajstić information content (AvgIpc) is 3.03. The lowest BCUT2D eigenvalue weighted by molar-refractivity contribution is -0.121. The lowest BCUT2D eigenvalue weighted by Gasteiger charge is -2.10. The highest BCUT2D eigenvalue weighted by atomic mass is 35.5. The summed E-state index contributed by atoms with van der Waals surface area (Å²) in [7, 11) is 0. The van der Waals surface area contributed by atoms with Crippen molar-refractivity contribution in [2.24, 2.45) is 0 Å². The molecule has 8 heteroatoms. The van der Waals surface area contributed by atoms with Gasteiger partial charge in [-0.3, -0.25) is 14.4 Å². The number of carbonyl (C=O) groups excluding carboxylic acids is 3. The summed E-state index contributed by atoms with van der Waals surface area (Å²) in [6, 6.07) is 14.4. The quantitative estimate of drug-likeness (QED) is 0.468. The standard InChI is InChI=1S/C22H21ClN4O3/c1-13-17(23)10-7-11-18(13)25-19(28)12-24-22(30)21(29)20-14(2)26-27(15(20)3)16-8-5-4-6-9-16/h4-11H,12H2,1-3H3,(H,24,30)(H,25,28). The first-order valence-corrected chi connectivity index (χ1v) is 9.66. The van der Waals surface area contributed by atoms with Crippen molar-refractivity contribution in [1.29, 1.82) is 0 Å². The van der Waals surface area contributed by atoms with E-state index < -0.39 is 17.6 Å². The molecule has 0 bridgehead atoms. The summed E-state index contributed by atoms with van der Waals surface area (Å²) in [4.78, 5) is 37.2. The summed E-state index contributed by atoms with van der Waals surface area (Å²) in [6.07, 6.45) is 0. The SMILES string of the molecule is Cc1nn(-c2ccccc2)c(C)c1C(=O)C(=O)NCC(=O)Nc1cccc(Cl)c1C. The number of hydrogen-bond donors (Lipinski definition) is 2. The number of rotatable bonds is 6. The molecule has 0 unspecified atom stereocenters. The number of ketones is 1. The van der Waals surface area contributed by atoms with E-state index in [2.05, 4.69) is 15.7 Å². The Bertz CT molecular complexity index is 1120. The first-order chi connectivity index (χ1) is 14.3. The molecular formula is C22H21ClN4O3. The Hall–Kier alpha value is -3.45. The van der Waals surface area contributed by atoms with E-state index in [9.17, 15) is 14.4 Å². The van der Waals surface area contributed by atoms with E-state index in [0.29, 0.717) is 22.1 Å². The first kappa shape index (κ1) is 21.3. The second kappa shape index (κ2) is 8.92. The molecular weight excluding hydrogens is 404 g/mol. The molecule has 1 heterocycles. The average molecular weight is 425 g/mol. The van der Waals surface area contributed by atoms with Gasteiger partial charge in [-0.15, -0.1) is 0 Å². The fourth-order valence-electron chi connectivity index (χ4n) is 3.08. The van der Waals surface area contributed by atoms with Crippen LogP contribution < -0.4 is 10.6 Å². The Balaban J connectivity index is 1.68. The second-order valence-corrected chi connectivity index (χ2v) is 7.17. The van der Waals surface area contributed by atoms with Crippen molar-refractivity contribution in [3.63, 3.8) is 0 Å². The van der Waals surface area contributed by atoms with Gasteiger partial charge in [0.05, 0.1) is 29.2 Å². The summed E-state index contributed by atoms with van der Waals surface area (Å²) in [5.74, 6) is -2.07. The third kappa shape index (κ3) is 4.41. The molecule has 2 amide bonds. The van der Waals surface area contributed by atoms with Gasteiger partial charge < -0.3 is 10.6 Å². The molecule has 0 saturated carbocycles. The number of halogens is 1. The fraction of sp³-hybridized carbons (Fsp3) is 0.182. The highest BCUT2D eigenvalue weighted by Crippen LogP contribution is 2.22. The molecule has 3 aromatic rings. The zero-order valence-electron chi connectivity index (χ0n) is 16.8. The Morgan fingerprint density at radius 2 is 1.70 bits per heavy atom. The molecule has 7 nitrogen and oxygen atoms in total. The van der Waals surface area contributed by atoms with Crippen molar-refractivity contribution in [3.05, 3.63) is 76.1 Å². The lowest BCUT2D eigenvalue weighted by Crippen LogP contribution is -2.37. The lowest BCUT2D eigenvalue weighted by atomic mass is 10.1. The smallest absolute Gasteiger partial charge is 0.292 e. The Labute approximate surface area is 179 Å². The third-order valence-corrected chi connectivity index (χ3v) is 5.09. The molecule has 0 saturated heterocycles. The minimum atomic E-state index is -0.869. The molecule has 0 aliphatic rings. The molecule has 0 aliphatic heterocycles. The van der Waals surface area contributed by atoms with Crippen molar-refractivity contribution in [2.75, 3.05) is 11.9 Å². The summed E-state index contributed by atoms with van der Waals surface area (Å²) < 4.78 is 1.62. The third-order valence-electron chi connectivity index (χ3n) is 4.68. The number of anilines is 1. The van der Waals surface area contributed by atoms with Crippen LogP contribution in [0.25, 0.3) is 5.69 Å². The van der Waals surface area contributed by atoms with Crippen LogP contribution in [0.15, 0.2) is 48.5 Å². The van der Waals surface area contributed by atoms with Crippen LogP contribution in [0.2, 0.25) is 5.02 Å². The minimum Gasteiger partial charge on any atom is -0.340 e. The number of para-hydroxylation sites is 1. The number of aromatic nitrogens is 2. The van der Waals surface area contributed by atoms with E-state index in [1.54, 1.807) is 43.7 Å². The van der Waals surface area contributed by atoms with Gasteiger partial charge in [-0.05, 0) is 50.6 Å². The number of hydrogen-bond acceptors (Lipinski definition) is 4. The highest BCUT2D eigenvalue weighted by molar-refractivity contribution is 6.43. The van der Waals surface area contributed by atoms with Gasteiger partial charge in [0.2, 0.25) is 5.91 Å². The van der Waals surface area contributed by atoms with Gasteiger partial charge in [-0.1, -0.05) is 35.9 Å². The molecule has 154 valence electrons. The van der Waals surface area contributed by atoms with E-state index in [0.717, 1.165) is 11.3 Å².